The molecule has 0 atom stereocenters. The molecule has 1 rings (SSSR count). The van der Waals surface area contributed by atoms with Crippen molar-refractivity contribution in [3.05, 3.63) is 29.6 Å². The minimum absolute atomic E-state index is 0.0238. The standard InChI is InChI=1S/C7H3ClFNS/c8-11-6-1-2-7(9)5(3-6)4-10/h1-3H. The summed E-state index contributed by atoms with van der Waals surface area (Å²) in [7, 11) is 6.35. The van der Waals surface area contributed by atoms with Gasteiger partial charge in [-0.1, -0.05) is 0 Å². The Morgan fingerprint density at radius 3 is 2.82 bits per heavy atom. The van der Waals surface area contributed by atoms with Crippen LogP contribution in [0.3, 0.4) is 0 Å². The van der Waals surface area contributed by atoms with Gasteiger partial charge in [-0.25, -0.2) is 4.39 Å². The molecule has 11 heavy (non-hydrogen) atoms. The zero-order valence-corrected chi connectivity index (χ0v) is 6.92. The highest BCUT2D eigenvalue weighted by Gasteiger charge is 2.01. The average molecular weight is 188 g/mol. The summed E-state index contributed by atoms with van der Waals surface area (Å²) < 4.78 is 12.6. The molecule has 0 aliphatic rings. The average Bonchev–Trinajstić information content (AvgIpc) is 2.05. The molecule has 4 heteroatoms. The number of benzene rings is 1. The van der Waals surface area contributed by atoms with Crippen molar-refractivity contribution in [2.75, 3.05) is 0 Å². The van der Waals surface area contributed by atoms with Crippen molar-refractivity contribution >= 4 is 21.7 Å². The number of rotatable bonds is 1. The highest BCUT2D eigenvalue weighted by molar-refractivity contribution is 8.21. The van der Waals surface area contributed by atoms with Crippen molar-refractivity contribution in [1.82, 2.24) is 0 Å². The Morgan fingerprint density at radius 1 is 1.55 bits per heavy atom. The van der Waals surface area contributed by atoms with Gasteiger partial charge in [-0.3, -0.25) is 0 Å². The van der Waals surface area contributed by atoms with Gasteiger partial charge in [0, 0.05) is 4.90 Å². The molecule has 0 fully saturated rings. The maximum atomic E-state index is 12.6. The first-order valence-corrected chi connectivity index (χ1v) is 4.40. The van der Waals surface area contributed by atoms with Gasteiger partial charge >= 0.3 is 0 Å². The van der Waals surface area contributed by atoms with Crippen LogP contribution < -0.4 is 0 Å². The molecular formula is C7H3ClFNS. The van der Waals surface area contributed by atoms with Gasteiger partial charge in [-0.15, -0.1) is 0 Å². The summed E-state index contributed by atoms with van der Waals surface area (Å²) in [6, 6.07) is 5.88. The molecule has 0 bridgehead atoms. The van der Waals surface area contributed by atoms with Crippen LogP contribution >= 0.6 is 21.7 Å². The quantitative estimate of drug-likeness (QED) is 0.675. The van der Waals surface area contributed by atoms with E-state index in [0.29, 0.717) is 4.90 Å². The second kappa shape index (κ2) is 3.61. The van der Waals surface area contributed by atoms with Gasteiger partial charge in [0.25, 0.3) is 0 Å². The molecule has 0 heterocycles. The van der Waals surface area contributed by atoms with Gasteiger partial charge in [0.15, 0.2) is 0 Å². The van der Waals surface area contributed by atoms with E-state index in [1.54, 1.807) is 6.07 Å². The third-order valence-electron chi connectivity index (χ3n) is 1.15. The fourth-order valence-electron chi connectivity index (χ4n) is 0.638. The summed E-state index contributed by atoms with van der Waals surface area (Å²) in [5, 5.41) is 8.40. The largest absolute Gasteiger partial charge is 0.206 e. The van der Waals surface area contributed by atoms with E-state index in [2.05, 4.69) is 0 Å². The normalized spacial score (nSPS) is 9.18. The third kappa shape index (κ3) is 1.86. The van der Waals surface area contributed by atoms with Crippen molar-refractivity contribution in [3.63, 3.8) is 0 Å². The molecule has 0 aromatic heterocycles. The first-order chi connectivity index (χ1) is 5.27. The van der Waals surface area contributed by atoms with Crippen molar-refractivity contribution in [2.45, 2.75) is 4.90 Å². The fourth-order valence-corrected chi connectivity index (χ4v) is 1.21. The Hall–Kier alpha value is -0.720. The highest BCUT2D eigenvalue weighted by atomic mass is 35.7. The summed E-state index contributed by atoms with van der Waals surface area (Å²) in [5.41, 5.74) is 0.0238. The maximum Gasteiger partial charge on any atom is 0.141 e. The maximum absolute atomic E-state index is 12.6. The van der Waals surface area contributed by atoms with E-state index < -0.39 is 5.82 Å². The van der Waals surface area contributed by atoms with Gasteiger partial charge in [0.05, 0.1) is 5.56 Å². The predicted octanol–water partition coefficient (Wildman–Crippen LogP) is 2.94. The molecule has 0 saturated heterocycles. The van der Waals surface area contributed by atoms with E-state index in [-0.39, 0.29) is 5.56 Å². The highest BCUT2D eigenvalue weighted by Crippen LogP contribution is 2.23. The lowest BCUT2D eigenvalue weighted by molar-refractivity contribution is 0.622. The van der Waals surface area contributed by atoms with Gasteiger partial charge in [0.2, 0.25) is 0 Å². The minimum Gasteiger partial charge on any atom is -0.206 e. The molecule has 0 saturated carbocycles. The van der Waals surface area contributed by atoms with Crippen LogP contribution in [0.15, 0.2) is 23.1 Å². The molecule has 0 aliphatic heterocycles. The fraction of sp³-hybridized carbons (Fsp3) is 0. The lowest BCUT2D eigenvalue weighted by atomic mass is 10.2. The molecule has 0 amide bonds. The van der Waals surface area contributed by atoms with E-state index in [1.807, 2.05) is 0 Å². The number of nitrogens with zero attached hydrogens (tertiary/aromatic N) is 1. The van der Waals surface area contributed by atoms with Crippen molar-refractivity contribution in [3.8, 4) is 6.07 Å². The van der Waals surface area contributed by atoms with E-state index in [1.165, 1.54) is 18.2 Å². The number of nitriles is 1. The molecule has 1 aromatic rings. The van der Waals surface area contributed by atoms with Crippen molar-refractivity contribution < 1.29 is 4.39 Å². The Morgan fingerprint density at radius 2 is 2.27 bits per heavy atom. The van der Waals surface area contributed by atoms with Crippen LogP contribution in [0.5, 0.6) is 0 Å². The molecule has 0 radical (unpaired) electrons. The van der Waals surface area contributed by atoms with Gasteiger partial charge in [-0.05, 0) is 39.9 Å². The monoisotopic (exact) mass is 187 g/mol. The second-order valence-electron chi connectivity index (χ2n) is 1.83. The lowest BCUT2D eigenvalue weighted by Gasteiger charge is -1.94. The first-order valence-electron chi connectivity index (χ1n) is 2.76. The van der Waals surface area contributed by atoms with Crippen LogP contribution in [0.25, 0.3) is 0 Å². The van der Waals surface area contributed by atoms with Gasteiger partial charge < -0.3 is 0 Å². The summed E-state index contributed by atoms with van der Waals surface area (Å²) in [4.78, 5) is 0.671. The second-order valence-corrected chi connectivity index (χ2v) is 2.92. The molecule has 0 spiro atoms. The Bertz CT molecular complexity index is 308. The molecule has 56 valence electrons. The zero-order chi connectivity index (χ0) is 8.27. The summed E-state index contributed by atoms with van der Waals surface area (Å²) >= 11 is 0. The molecular weight excluding hydrogens is 185 g/mol. The van der Waals surface area contributed by atoms with Crippen LogP contribution in [0.1, 0.15) is 5.56 Å². The molecule has 0 unspecified atom stereocenters. The first kappa shape index (κ1) is 8.38. The Balaban J connectivity index is 3.15. The topological polar surface area (TPSA) is 23.8 Å². The predicted molar refractivity (Wildman–Crippen MR) is 42.8 cm³/mol. The Labute approximate surface area is 72.3 Å². The molecule has 0 aliphatic carbocycles. The summed E-state index contributed by atoms with van der Waals surface area (Å²) in [6.07, 6.45) is 0. The number of hydrogen-bond donors (Lipinski definition) is 0. The SMILES string of the molecule is N#Cc1cc(SCl)ccc1F. The van der Waals surface area contributed by atoms with E-state index in [0.717, 1.165) is 11.0 Å². The van der Waals surface area contributed by atoms with Gasteiger partial charge in [-0.2, -0.15) is 5.26 Å². The number of hydrogen-bond acceptors (Lipinski definition) is 2. The summed E-state index contributed by atoms with van der Waals surface area (Å²) in [6.45, 7) is 0. The van der Waals surface area contributed by atoms with Crippen LogP contribution in [-0.2, 0) is 0 Å². The van der Waals surface area contributed by atoms with E-state index in [4.69, 9.17) is 15.9 Å². The van der Waals surface area contributed by atoms with Crippen LogP contribution in [0.2, 0.25) is 0 Å². The molecule has 1 aromatic carbocycles. The molecule has 1 nitrogen and oxygen atoms in total. The third-order valence-corrected chi connectivity index (χ3v) is 2.11. The molecule has 0 N–H and O–H groups in total. The van der Waals surface area contributed by atoms with E-state index in [9.17, 15) is 4.39 Å². The number of halogens is 2. The zero-order valence-electron chi connectivity index (χ0n) is 5.34. The smallest absolute Gasteiger partial charge is 0.141 e. The van der Waals surface area contributed by atoms with Crippen molar-refractivity contribution in [2.24, 2.45) is 0 Å². The minimum atomic E-state index is -0.512. The van der Waals surface area contributed by atoms with Crippen LogP contribution in [0, 0.1) is 17.1 Å². The van der Waals surface area contributed by atoms with Crippen molar-refractivity contribution in [1.29, 1.82) is 5.26 Å². The Kier molecular flexibility index (Phi) is 2.75. The van der Waals surface area contributed by atoms with E-state index >= 15 is 0 Å². The van der Waals surface area contributed by atoms with Gasteiger partial charge in [0.1, 0.15) is 11.9 Å². The summed E-state index contributed by atoms with van der Waals surface area (Å²) in [5.74, 6) is -0.512. The van der Waals surface area contributed by atoms with Crippen LogP contribution in [0.4, 0.5) is 4.39 Å². The van der Waals surface area contributed by atoms with Crippen LogP contribution in [-0.4, -0.2) is 0 Å². The lowest BCUT2D eigenvalue weighted by Crippen LogP contribution is -1.81.